The van der Waals surface area contributed by atoms with Gasteiger partial charge in [-0.3, -0.25) is 0 Å². The molecule has 1 atom stereocenters. The molecule has 0 heterocycles. The second-order valence-electron chi connectivity index (χ2n) is 3.35. The molecule has 1 rings (SSSR count). The summed E-state index contributed by atoms with van der Waals surface area (Å²) in [6, 6.07) is 6.02. The molecular formula is C12H16FNO. The van der Waals surface area contributed by atoms with Crippen molar-refractivity contribution < 1.29 is 9.50 Å². The molecule has 0 spiro atoms. The highest BCUT2D eigenvalue weighted by Crippen LogP contribution is 2.12. The quantitative estimate of drug-likeness (QED) is 0.555. The SMILES string of the molecule is C=CCCNCC(O)c1cccc(F)c1. The molecule has 0 aliphatic heterocycles. The van der Waals surface area contributed by atoms with Gasteiger partial charge < -0.3 is 10.4 Å². The molecule has 1 unspecified atom stereocenters. The lowest BCUT2D eigenvalue weighted by molar-refractivity contribution is 0.175. The zero-order valence-corrected chi connectivity index (χ0v) is 8.62. The van der Waals surface area contributed by atoms with Gasteiger partial charge >= 0.3 is 0 Å². The second kappa shape index (κ2) is 6.32. The van der Waals surface area contributed by atoms with Crippen LogP contribution in [0.5, 0.6) is 0 Å². The number of halogens is 1. The van der Waals surface area contributed by atoms with Crippen molar-refractivity contribution in [2.45, 2.75) is 12.5 Å². The molecule has 82 valence electrons. The Hall–Kier alpha value is -1.19. The van der Waals surface area contributed by atoms with Gasteiger partial charge in [0.15, 0.2) is 0 Å². The van der Waals surface area contributed by atoms with Gasteiger partial charge in [0.05, 0.1) is 6.10 Å². The minimum atomic E-state index is -0.662. The van der Waals surface area contributed by atoms with Crippen molar-refractivity contribution in [1.82, 2.24) is 5.32 Å². The predicted molar refractivity (Wildman–Crippen MR) is 59.0 cm³/mol. The van der Waals surface area contributed by atoms with Gasteiger partial charge in [0.25, 0.3) is 0 Å². The fourth-order valence-electron chi connectivity index (χ4n) is 1.27. The van der Waals surface area contributed by atoms with E-state index in [1.807, 2.05) is 6.08 Å². The molecule has 0 aliphatic rings. The molecule has 0 aromatic heterocycles. The highest BCUT2D eigenvalue weighted by Gasteiger charge is 2.06. The lowest BCUT2D eigenvalue weighted by Crippen LogP contribution is -2.22. The molecule has 1 aromatic rings. The van der Waals surface area contributed by atoms with Crippen molar-refractivity contribution in [1.29, 1.82) is 0 Å². The van der Waals surface area contributed by atoms with Gasteiger partial charge in [-0.15, -0.1) is 6.58 Å². The summed E-state index contributed by atoms with van der Waals surface area (Å²) in [4.78, 5) is 0. The lowest BCUT2D eigenvalue weighted by atomic mass is 10.1. The molecule has 0 saturated carbocycles. The van der Waals surface area contributed by atoms with Crippen LogP contribution in [0.3, 0.4) is 0 Å². The average molecular weight is 209 g/mol. The first-order chi connectivity index (χ1) is 7.24. The lowest BCUT2D eigenvalue weighted by Gasteiger charge is -2.11. The first kappa shape index (κ1) is 11.9. The van der Waals surface area contributed by atoms with Crippen LogP contribution in [0.1, 0.15) is 18.1 Å². The Morgan fingerprint density at radius 3 is 3.00 bits per heavy atom. The molecule has 15 heavy (non-hydrogen) atoms. The molecule has 0 aliphatic carbocycles. The Kier molecular flexibility index (Phi) is 5.01. The second-order valence-corrected chi connectivity index (χ2v) is 3.35. The molecule has 0 amide bonds. The van der Waals surface area contributed by atoms with Gasteiger partial charge in [-0.1, -0.05) is 18.2 Å². The maximum absolute atomic E-state index is 12.8. The van der Waals surface area contributed by atoms with Gasteiger partial charge in [-0.05, 0) is 30.7 Å². The van der Waals surface area contributed by atoms with Gasteiger partial charge in [0, 0.05) is 6.54 Å². The predicted octanol–water partition coefficient (Wildman–Crippen LogP) is 2.02. The Labute approximate surface area is 89.4 Å². The van der Waals surface area contributed by atoms with Crippen molar-refractivity contribution in [2.24, 2.45) is 0 Å². The van der Waals surface area contributed by atoms with Gasteiger partial charge in [0.2, 0.25) is 0 Å². The Morgan fingerprint density at radius 1 is 1.53 bits per heavy atom. The van der Waals surface area contributed by atoms with E-state index < -0.39 is 6.10 Å². The number of hydrogen-bond acceptors (Lipinski definition) is 2. The molecular weight excluding hydrogens is 193 g/mol. The zero-order valence-electron chi connectivity index (χ0n) is 8.62. The summed E-state index contributed by atoms with van der Waals surface area (Å²) in [6.45, 7) is 4.80. The first-order valence-electron chi connectivity index (χ1n) is 4.99. The number of aliphatic hydroxyl groups excluding tert-OH is 1. The monoisotopic (exact) mass is 209 g/mol. The van der Waals surface area contributed by atoms with Crippen molar-refractivity contribution in [3.8, 4) is 0 Å². The fraction of sp³-hybridized carbons (Fsp3) is 0.333. The van der Waals surface area contributed by atoms with Crippen LogP contribution in [-0.4, -0.2) is 18.2 Å². The summed E-state index contributed by atoms with van der Waals surface area (Å²) in [5.74, 6) is -0.322. The minimum absolute atomic E-state index is 0.322. The highest BCUT2D eigenvalue weighted by atomic mass is 19.1. The summed E-state index contributed by atoms with van der Waals surface area (Å²) in [7, 11) is 0. The molecule has 2 N–H and O–H groups in total. The molecule has 1 aromatic carbocycles. The van der Waals surface area contributed by atoms with Gasteiger partial charge in [-0.2, -0.15) is 0 Å². The number of hydrogen-bond donors (Lipinski definition) is 2. The Bertz CT molecular complexity index is 314. The zero-order chi connectivity index (χ0) is 11.1. The first-order valence-corrected chi connectivity index (χ1v) is 4.99. The smallest absolute Gasteiger partial charge is 0.123 e. The third kappa shape index (κ3) is 4.23. The summed E-state index contributed by atoms with van der Waals surface area (Å²) in [6.07, 6.45) is 2.00. The third-order valence-corrected chi connectivity index (χ3v) is 2.10. The van der Waals surface area contributed by atoms with Crippen molar-refractivity contribution >= 4 is 0 Å². The maximum Gasteiger partial charge on any atom is 0.123 e. The van der Waals surface area contributed by atoms with E-state index in [2.05, 4.69) is 11.9 Å². The van der Waals surface area contributed by atoms with Crippen LogP contribution in [0, 0.1) is 5.82 Å². The summed E-state index contributed by atoms with van der Waals surface area (Å²) in [5.41, 5.74) is 0.598. The molecule has 0 bridgehead atoms. The summed E-state index contributed by atoms with van der Waals surface area (Å²) >= 11 is 0. The normalized spacial score (nSPS) is 12.4. The van der Waals surface area contributed by atoms with Crippen molar-refractivity contribution in [2.75, 3.05) is 13.1 Å². The van der Waals surface area contributed by atoms with Crippen molar-refractivity contribution in [3.05, 3.63) is 48.3 Å². The molecule has 0 saturated heterocycles. The summed E-state index contributed by atoms with van der Waals surface area (Å²) in [5, 5.41) is 12.7. The van der Waals surface area contributed by atoms with E-state index in [1.165, 1.54) is 12.1 Å². The van der Waals surface area contributed by atoms with E-state index in [1.54, 1.807) is 12.1 Å². The Morgan fingerprint density at radius 2 is 2.33 bits per heavy atom. The molecule has 0 radical (unpaired) electrons. The van der Waals surface area contributed by atoms with Crippen LogP contribution in [0.25, 0.3) is 0 Å². The van der Waals surface area contributed by atoms with E-state index in [0.29, 0.717) is 12.1 Å². The van der Waals surface area contributed by atoms with Crippen LogP contribution in [0.4, 0.5) is 4.39 Å². The van der Waals surface area contributed by atoms with Crippen LogP contribution in [-0.2, 0) is 0 Å². The number of benzene rings is 1. The van der Waals surface area contributed by atoms with E-state index >= 15 is 0 Å². The largest absolute Gasteiger partial charge is 0.387 e. The topological polar surface area (TPSA) is 32.3 Å². The van der Waals surface area contributed by atoms with Crippen LogP contribution < -0.4 is 5.32 Å². The highest BCUT2D eigenvalue weighted by molar-refractivity contribution is 5.18. The third-order valence-electron chi connectivity index (χ3n) is 2.10. The van der Waals surface area contributed by atoms with E-state index in [0.717, 1.165) is 13.0 Å². The maximum atomic E-state index is 12.8. The average Bonchev–Trinajstić information content (AvgIpc) is 2.24. The van der Waals surface area contributed by atoms with Crippen molar-refractivity contribution in [3.63, 3.8) is 0 Å². The summed E-state index contributed by atoms with van der Waals surface area (Å²) < 4.78 is 12.8. The number of nitrogens with one attached hydrogen (secondary N) is 1. The molecule has 2 nitrogen and oxygen atoms in total. The van der Waals surface area contributed by atoms with Crippen LogP contribution >= 0.6 is 0 Å². The van der Waals surface area contributed by atoms with E-state index in [4.69, 9.17) is 0 Å². The molecule has 3 heteroatoms. The minimum Gasteiger partial charge on any atom is -0.387 e. The van der Waals surface area contributed by atoms with E-state index in [-0.39, 0.29) is 5.82 Å². The standard InChI is InChI=1S/C12H16FNO/c1-2-3-7-14-9-12(15)10-5-4-6-11(13)8-10/h2,4-6,8,12,14-15H,1,3,7,9H2. The van der Waals surface area contributed by atoms with Gasteiger partial charge in [-0.25, -0.2) is 4.39 Å². The fourth-order valence-corrected chi connectivity index (χ4v) is 1.27. The van der Waals surface area contributed by atoms with Gasteiger partial charge in [0.1, 0.15) is 5.82 Å². The van der Waals surface area contributed by atoms with E-state index in [9.17, 15) is 9.50 Å². The number of rotatable bonds is 6. The van der Waals surface area contributed by atoms with Crippen LogP contribution in [0.2, 0.25) is 0 Å². The molecule has 0 fully saturated rings. The number of aliphatic hydroxyl groups is 1. The van der Waals surface area contributed by atoms with Crippen LogP contribution in [0.15, 0.2) is 36.9 Å². The Balaban J connectivity index is 2.39.